The van der Waals surface area contributed by atoms with Crippen LogP contribution < -0.4 is 10.5 Å². The summed E-state index contributed by atoms with van der Waals surface area (Å²) in [7, 11) is -3.74. The van der Waals surface area contributed by atoms with Crippen molar-refractivity contribution >= 4 is 27.7 Å². The normalized spacial score (nSPS) is 13.7. The second kappa shape index (κ2) is 6.66. The summed E-state index contributed by atoms with van der Waals surface area (Å²) >= 11 is 0. The highest BCUT2D eigenvalue weighted by atomic mass is 32.2. The summed E-state index contributed by atoms with van der Waals surface area (Å²) in [5, 5.41) is 10.9. The smallest absolute Gasteiger partial charge is 0.258 e. The largest absolute Gasteiger partial charge is 0.372 e. The number of benzene rings is 2. The summed E-state index contributed by atoms with van der Waals surface area (Å²) in [5.41, 5.74) is 2.81. The van der Waals surface area contributed by atoms with E-state index in [9.17, 15) is 22.7 Å². The zero-order chi connectivity index (χ0) is 18.8. The van der Waals surface area contributed by atoms with Gasteiger partial charge in [0, 0.05) is 11.1 Å². The van der Waals surface area contributed by atoms with E-state index in [1.165, 1.54) is 24.3 Å². The van der Waals surface area contributed by atoms with Crippen molar-refractivity contribution in [3.63, 3.8) is 0 Å². The molecule has 0 bridgehead atoms. The number of hydrogen-bond acceptors (Lipinski definition) is 4. The Morgan fingerprint density at radius 1 is 1.28 bits per heavy atom. The quantitative estimate of drug-likeness (QED) is 0.722. The van der Waals surface area contributed by atoms with E-state index in [4.69, 9.17) is 5.73 Å². The lowest BCUT2D eigenvalue weighted by atomic mass is 9.84. The fourth-order valence-corrected chi connectivity index (χ4v) is 3.01. The average molecular weight is 364 g/mol. The minimum absolute atomic E-state index is 0.0519. The molecule has 25 heavy (non-hydrogen) atoms. The molecule has 0 heterocycles. The van der Waals surface area contributed by atoms with E-state index in [0.717, 1.165) is 12.3 Å². The molecule has 0 saturated heterocycles. The monoisotopic (exact) mass is 364 g/mol. The van der Waals surface area contributed by atoms with Gasteiger partial charge in [-0.3, -0.25) is 9.52 Å². The second-order valence-electron chi connectivity index (χ2n) is 5.44. The standard InChI is InChI=1S/C17H17FN2O4S/c1-3-11-9-13(10-14(18)15(11)20-25(2,23)24)17(22,16(19)21)12-7-5-4-6-8-12/h3-10,20,22H,1H2,2H3,(H2,19,21). The molecule has 0 radical (unpaired) electrons. The van der Waals surface area contributed by atoms with Crippen molar-refractivity contribution in [2.45, 2.75) is 5.60 Å². The third-order valence-electron chi connectivity index (χ3n) is 3.59. The highest BCUT2D eigenvalue weighted by Gasteiger charge is 2.39. The van der Waals surface area contributed by atoms with Gasteiger partial charge in [-0.1, -0.05) is 43.0 Å². The van der Waals surface area contributed by atoms with Crippen LogP contribution >= 0.6 is 0 Å². The number of carbonyl (C=O) groups excluding carboxylic acids is 1. The molecule has 2 aromatic rings. The van der Waals surface area contributed by atoms with Gasteiger partial charge in [0.05, 0.1) is 11.9 Å². The highest BCUT2D eigenvalue weighted by molar-refractivity contribution is 7.92. The number of sulfonamides is 1. The Kier molecular flexibility index (Phi) is 4.96. The lowest BCUT2D eigenvalue weighted by Crippen LogP contribution is -2.42. The predicted octanol–water partition coefficient (Wildman–Crippen LogP) is 1.56. The molecule has 1 unspecified atom stereocenters. The van der Waals surface area contributed by atoms with E-state index in [1.807, 2.05) is 4.72 Å². The minimum Gasteiger partial charge on any atom is -0.372 e. The van der Waals surface area contributed by atoms with E-state index in [2.05, 4.69) is 6.58 Å². The van der Waals surface area contributed by atoms with Gasteiger partial charge in [-0.15, -0.1) is 0 Å². The van der Waals surface area contributed by atoms with E-state index in [-0.39, 0.29) is 22.4 Å². The van der Waals surface area contributed by atoms with E-state index in [1.54, 1.807) is 18.2 Å². The van der Waals surface area contributed by atoms with Gasteiger partial charge in [0.2, 0.25) is 10.0 Å². The minimum atomic E-state index is -3.74. The van der Waals surface area contributed by atoms with Gasteiger partial charge in [-0.05, 0) is 17.7 Å². The molecular formula is C17H17FN2O4S. The van der Waals surface area contributed by atoms with Crippen LogP contribution in [-0.4, -0.2) is 25.7 Å². The van der Waals surface area contributed by atoms with Crippen LogP contribution in [0.15, 0.2) is 49.0 Å². The maximum atomic E-state index is 14.5. The molecule has 0 fully saturated rings. The molecule has 2 aromatic carbocycles. The molecular weight excluding hydrogens is 347 g/mol. The zero-order valence-corrected chi connectivity index (χ0v) is 14.2. The zero-order valence-electron chi connectivity index (χ0n) is 13.4. The summed E-state index contributed by atoms with van der Waals surface area (Å²) in [6.45, 7) is 3.50. The van der Waals surface area contributed by atoms with E-state index in [0.29, 0.717) is 0 Å². The van der Waals surface area contributed by atoms with Crippen LogP contribution in [0.4, 0.5) is 10.1 Å². The van der Waals surface area contributed by atoms with Gasteiger partial charge in [-0.2, -0.15) is 0 Å². The number of rotatable bonds is 6. The van der Waals surface area contributed by atoms with Crippen molar-refractivity contribution in [3.05, 3.63) is 71.6 Å². The maximum Gasteiger partial charge on any atom is 0.258 e. The number of primary amides is 1. The predicted molar refractivity (Wildman–Crippen MR) is 93.6 cm³/mol. The molecule has 0 aliphatic heterocycles. The van der Waals surface area contributed by atoms with Gasteiger partial charge >= 0.3 is 0 Å². The summed E-state index contributed by atoms with van der Waals surface area (Å²) < 4.78 is 39.3. The maximum absolute atomic E-state index is 14.5. The molecule has 0 aliphatic carbocycles. The first-order valence-electron chi connectivity index (χ1n) is 7.11. The van der Waals surface area contributed by atoms with Crippen LogP contribution in [0.5, 0.6) is 0 Å². The summed E-state index contributed by atoms with van der Waals surface area (Å²) in [6.07, 6.45) is 2.07. The molecule has 8 heteroatoms. The highest BCUT2D eigenvalue weighted by Crippen LogP contribution is 2.34. The molecule has 2 rings (SSSR count). The molecule has 1 atom stereocenters. The van der Waals surface area contributed by atoms with Gasteiger partial charge in [0.25, 0.3) is 5.91 Å². The fraction of sp³-hybridized carbons (Fsp3) is 0.118. The lowest BCUT2D eigenvalue weighted by molar-refractivity contribution is -0.133. The number of hydrogen-bond donors (Lipinski definition) is 3. The van der Waals surface area contributed by atoms with Crippen LogP contribution in [0.3, 0.4) is 0 Å². The van der Waals surface area contributed by atoms with Crippen molar-refractivity contribution in [3.8, 4) is 0 Å². The van der Waals surface area contributed by atoms with Crippen LogP contribution in [-0.2, 0) is 20.4 Å². The van der Waals surface area contributed by atoms with Crippen LogP contribution in [0.25, 0.3) is 6.08 Å². The van der Waals surface area contributed by atoms with Crippen LogP contribution in [0.2, 0.25) is 0 Å². The van der Waals surface area contributed by atoms with Gasteiger partial charge in [0.15, 0.2) is 5.60 Å². The van der Waals surface area contributed by atoms with Crippen molar-refractivity contribution in [1.29, 1.82) is 0 Å². The summed E-state index contributed by atoms with van der Waals surface area (Å²) in [4.78, 5) is 12.0. The molecule has 1 amide bonds. The number of halogens is 1. The van der Waals surface area contributed by atoms with Crippen molar-refractivity contribution in [2.24, 2.45) is 5.73 Å². The topological polar surface area (TPSA) is 109 Å². The van der Waals surface area contributed by atoms with Crippen LogP contribution in [0.1, 0.15) is 16.7 Å². The molecule has 6 nitrogen and oxygen atoms in total. The number of amides is 1. The Morgan fingerprint density at radius 3 is 2.36 bits per heavy atom. The van der Waals surface area contributed by atoms with Crippen molar-refractivity contribution in [1.82, 2.24) is 0 Å². The summed E-state index contributed by atoms with van der Waals surface area (Å²) in [6, 6.07) is 9.92. The number of anilines is 1. The molecule has 0 aliphatic rings. The Labute approximate surface area is 144 Å². The van der Waals surface area contributed by atoms with E-state index >= 15 is 0 Å². The second-order valence-corrected chi connectivity index (χ2v) is 7.19. The Balaban J connectivity index is 2.71. The van der Waals surface area contributed by atoms with Gasteiger partial charge in [-0.25, -0.2) is 12.8 Å². The molecule has 0 saturated carbocycles. The average Bonchev–Trinajstić information content (AvgIpc) is 2.55. The first-order valence-corrected chi connectivity index (χ1v) is 9.00. The van der Waals surface area contributed by atoms with Crippen molar-refractivity contribution in [2.75, 3.05) is 11.0 Å². The van der Waals surface area contributed by atoms with Crippen molar-refractivity contribution < 1.29 is 22.7 Å². The molecule has 132 valence electrons. The Bertz CT molecular complexity index is 929. The van der Waals surface area contributed by atoms with Gasteiger partial charge < -0.3 is 10.8 Å². The molecule has 0 spiro atoms. The fourth-order valence-electron chi connectivity index (χ4n) is 2.42. The first-order chi connectivity index (χ1) is 11.6. The SMILES string of the molecule is C=Cc1cc(C(O)(C(N)=O)c2ccccc2)cc(F)c1NS(C)(=O)=O. The lowest BCUT2D eigenvalue weighted by Gasteiger charge is -2.26. The molecule has 0 aromatic heterocycles. The van der Waals surface area contributed by atoms with Gasteiger partial charge in [0.1, 0.15) is 5.82 Å². The summed E-state index contributed by atoms with van der Waals surface area (Å²) in [5.74, 6) is -2.08. The third-order valence-corrected chi connectivity index (χ3v) is 4.17. The Hall–Kier alpha value is -2.71. The number of carbonyl (C=O) groups is 1. The van der Waals surface area contributed by atoms with E-state index < -0.39 is 27.3 Å². The number of nitrogens with one attached hydrogen (secondary N) is 1. The molecule has 4 N–H and O–H groups in total. The Morgan fingerprint density at radius 2 is 1.88 bits per heavy atom. The first kappa shape index (κ1) is 18.6. The number of nitrogens with two attached hydrogens (primary N) is 1. The third kappa shape index (κ3) is 3.70. The number of aliphatic hydroxyl groups is 1. The van der Waals surface area contributed by atoms with Crippen LogP contribution in [0, 0.1) is 5.82 Å².